The molecule has 0 aliphatic heterocycles. The van der Waals surface area contributed by atoms with Crippen LogP contribution in [0.15, 0.2) is 47.4 Å². The summed E-state index contributed by atoms with van der Waals surface area (Å²) in [5.41, 5.74) is 0.330. The number of sulfonamides is 1. The molecular weight excluding hydrogens is 362 g/mol. The topological polar surface area (TPSA) is 103 Å². The van der Waals surface area contributed by atoms with E-state index in [0.717, 1.165) is 9.75 Å². The number of thiophene rings is 1. The van der Waals surface area contributed by atoms with Gasteiger partial charge < -0.3 is 9.90 Å². The highest BCUT2D eigenvalue weighted by Gasteiger charge is 2.18. The summed E-state index contributed by atoms with van der Waals surface area (Å²) in [6.45, 7) is 3.14. The minimum Gasteiger partial charge on any atom is -0.548 e. The molecule has 1 aromatic heterocycles. The van der Waals surface area contributed by atoms with E-state index in [-0.39, 0.29) is 10.7 Å². The fourth-order valence-corrected chi connectivity index (χ4v) is 3.92. The van der Waals surface area contributed by atoms with Crippen molar-refractivity contribution in [1.82, 2.24) is 4.72 Å². The fraction of sp³-hybridized carbons (Fsp3) is 0.176. The summed E-state index contributed by atoms with van der Waals surface area (Å²) in [5, 5.41) is 10.7. The molecule has 0 saturated heterocycles. The molecule has 0 unspecified atom stereocenters. The number of hydrogen-bond acceptors (Lipinski definition) is 6. The van der Waals surface area contributed by atoms with Crippen LogP contribution in [0, 0.1) is 6.92 Å². The third-order valence-electron chi connectivity index (χ3n) is 3.29. The van der Waals surface area contributed by atoms with E-state index in [2.05, 4.69) is 0 Å². The molecule has 1 heterocycles. The van der Waals surface area contributed by atoms with Crippen LogP contribution in [0.3, 0.4) is 0 Å². The molecule has 0 fully saturated rings. The first-order valence-electron chi connectivity index (χ1n) is 7.31. The highest BCUT2D eigenvalue weighted by Crippen LogP contribution is 2.17. The van der Waals surface area contributed by atoms with Crippen molar-refractivity contribution in [3.63, 3.8) is 0 Å². The maximum atomic E-state index is 12.1. The van der Waals surface area contributed by atoms with Crippen LogP contribution in [0.4, 0.5) is 0 Å². The molecule has 1 N–H and O–H groups in total. The quantitative estimate of drug-likeness (QED) is 0.579. The predicted molar refractivity (Wildman–Crippen MR) is 93.7 cm³/mol. The number of hydrogen-bond donors (Lipinski definition) is 1. The van der Waals surface area contributed by atoms with Crippen molar-refractivity contribution in [2.24, 2.45) is 0 Å². The van der Waals surface area contributed by atoms with Gasteiger partial charge >= 0.3 is 0 Å². The average molecular weight is 378 g/mol. The van der Waals surface area contributed by atoms with Crippen molar-refractivity contribution >= 4 is 39.2 Å². The fourth-order valence-electron chi connectivity index (χ4n) is 1.94. The first-order chi connectivity index (χ1) is 11.7. The molecule has 2 aromatic rings. The smallest absolute Gasteiger partial charge is 0.241 e. The number of benzene rings is 1. The van der Waals surface area contributed by atoms with Crippen LogP contribution in [0.25, 0.3) is 6.08 Å². The lowest BCUT2D eigenvalue weighted by atomic mass is 10.1. The second-order valence-electron chi connectivity index (χ2n) is 5.33. The Kier molecular flexibility index (Phi) is 5.89. The van der Waals surface area contributed by atoms with Gasteiger partial charge in [0, 0.05) is 15.3 Å². The molecule has 1 atom stereocenters. The van der Waals surface area contributed by atoms with Gasteiger partial charge in [0.15, 0.2) is 5.78 Å². The lowest BCUT2D eigenvalue weighted by Gasteiger charge is -2.14. The molecule has 0 spiro atoms. The van der Waals surface area contributed by atoms with Gasteiger partial charge in [-0.15, -0.1) is 11.3 Å². The van der Waals surface area contributed by atoms with Crippen LogP contribution in [0.1, 0.15) is 27.0 Å². The van der Waals surface area contributed by atoms with Crippen molar-refractivity contribution in [1.29, 1.82) is 0 Å². The molecule has 6 nitrogen and oxygen atoms in total. The number of rotatable bonds is 7. The first-order valence-corrected chi connectivity index (χ1v) is 9.61. The van der Waals surface area contributed by atoms with E-state index in [0.29, 0.717) is 5.56 Å². The third kappa shape index (κ3) is 5.09. The number of aliphatic carboxylic acids is 1. The maximum Gasteiger partial charge on any atom is 0.241 e. The van der Waals surface area contributed by atoms with Crippen molar-refractivity contribution in [2.75, 3.05) is 0 Å². The Labute approximate surface area is 149 Å². The monoisotopic (exact) mass is 378 g/mol. The van der Waals surface area contributed by atoms with Gasteiger partial charge in [0.2, 0.25) is 10.0 Å². The number of carbonyl (C=O) groups is 2. The van der Waals surface area contributed by atoms with Gasteiger partial charge in [-0.1, -0.05) is 0 Å². The normalized spacial score (nSPS) is 13.0. The second-order valence-corrected chi connectivity index (χ2v) is 8.37. The zero-order chi connectivity index (χ0) is 18.6. The minimum absolute atomic E-state index is 0.130. The van der Waals surface area contributed by atoms with Crippen molar-refractivity contribution in [3.05, 3.63) is 57.8 Å². The summed E-state index contributed by atoms with van der Waals surface area (Å²) < 4.78 is 26.1. The Bertz CT molecular complexity index is 911. The van der Waals surface area contributed by atoms with Crippen molar-refractivity contribution < 1.29 is 23.1 Å². The summed E-state index contributed by atoms with van der Waals surface area (Å²) in [6, 6.07) is 7.76. The molecule has 0 aliphatic rings. The first kappa shape index (κ1) is 19.0. The van der Waals surface area contributed by atoms with E-state index in [1.807, 2.05) is 23.8 Å². The van der Waals surface area contributed by atoms with Crippen molar-refractivity contribution in [2.45, 2.75) is 24.8 Å². The molecular formula is C17H16NO5S2-. The lowest BCUT2D eigenvalue weighted by molar-refractivity contribution is -0.307. The zero-order valence-electron chi connectivity index (χ0n) is 13.6. The minimum atomic E-state index is -4.00. The number of nitrogens with one attached hydrogen (secondary N) is 1. The standard InChI is InChI=1S/C17H17NO5S2/c1-11-3-6-14(24-11)7-10-16(19)13-4-8-15(9-5-13)25(22,23)18-12(2)17(20)21/h3-10,12,18H,1-2H3,(H,20,21)/p-1/b10-7+/t12-/m0/s1. The molecule has 0 aliphatic carbocycles. The molecule has 0 saturated carbocycles. The van der Waals surface area contributed by atoms with Gasteiger partial charge in [-0.05, 0) is 62.4 Å². The van der Waals surface area contributed by atoms with Crippen LogP contribution < -0.4 is 9.83 Å². The van der Waals surface area contributed by atoms with Gasteiger partial charge in [0.1, 0.15) is 0 Å². The van der Waals surface area contributed by atoms with Crippen LogP contribution in [-0.2, 0) is 14.8 Å². The van der Waals surface area contributed by atoms with E-state index in [4.69, 9.17) is 0 Å². The Balaban J connectivity index is 2.12. The summed E-state index contributed by atoms with van der Waals surface area (Å²) in [4.78, 5) is 24.7. The Morgan fingerprint density at radius 2 is 1.80 bits per heavy atom. The highest BCUT2D eigenvalue weighted by molar-refractivity contribution is 7.89. The van der Waals surface area contributed by atoms with Crippen LogP contribution >= 0.6 is 11.3 Å². The van der Waals surface area contributed by atoms with Gasteiger partial charge in [0.05, 0.1) is 16.9 Å². The van der Waals surface area contributed by atoms with Crippen LogP contribution in [0.5, 0.6) is 0 Å². The van der Waals surface area contributed by atoms with E-state index in [1.54, 1.807) is 17.4 Å². The molecule has 132 valence electrons. The van der Waals surface area contributed by atoms with E-state index in [9.17, 15) is 23.1 Å². The largest absolute Gasteiger partial charge is 0.548 e. The molecule has 0 bridgehead atoms. The summed E-state index contributed by atoms with van der Waals surface area (Å²) in [7, 11) is -4.00. The molecule has 2 rings (SSSR count). The van der Waals surface area contributed by atoms with Gasteiger partial charge in [0.25, 0.3) is 0 Å². The second kappa shape index (κ2) is 7.73. The SMILES string of the molecule is Cc1ccc(/C=C/C(=O)c2ccc(S(=O)(=O)N[C@@H](C)C(=O)[O-])cc2)s1. The molecule has 8 heteroatoms. The van der Waals surface area contributed by atoms with Gasteiger partial charge in [-0.3, -0.25) is 4.79 Å². The Morgan fingerprint density at radius 1 is 1.16 bits per heavy atom. The van der Waals surface area contributed by atoms with Crippen LogP contribution in [-0.4, -0.2) is 26.2 Å². The summed E-state index contributed by atoms with van der Waals surface area (Å²) in [5.74, 6) is -1.78. The van der Waals surface area contributed by atoms with E-state index >= 15 is 0 Å². The summed E-state index contributed by atoms with van der Waals surface area (Å²) >= 11 is 1.56. The number of carboxylic acids is 1. The Hall–Kier alpha value is -2.29. The highest BCUT2D eigenvalue weighted by atomic mass is 32.2. The maximum absolute atomic E-state index is 12.1. The average Bonchev–Trinajstić information content (AvgIpc) is 2.97. The molecule has 25 heavy (non-hydrogen) atoms. The zero-order valence-corrected chi connectivity index (χ0v) is 15.2. The summed E-state index contributed by atoms with van der Waals surface area (Å²) in [6.07, 6.45) is 3.12. The number of allylic oxidation sites excluding steroid dienone is 1. The number of ketones is 1. The van der Waals surface area contributed by atoms with E-state index in [1.165, 1.54) is 37.3 Å². The third-order valence-corrected chi connectivity index (χ3v) is 5.82. The van der Waals surface area contributed by atoms with Gasteiger partial charge in [-0.25, -0.2) is 13.1 Å². The number of aryl methyl sites for hydroxylation is 1. The molecule has 0 amide bonds. The van der Waals surface area contributed by atoms with Crippen LogP contribution in [0.2, 0.25) is 0 Å². The molecule has 1 aromatic carbocycles. The number of carboxylic acid groups (broad SMARTS) is 1. The van der Waals surface area contributed by atoms with E-state index < -0.39 is 22.0 Å². The lowest BCUT2D eigenvalue weighted by Crippen LogP contribution is -2.45. The molecule has 0 radical (unpaired) electrons. The van der Waals surface area contributed by atoms with Crippen molar-refractivity contribution in [3.8, 4) is 0 Å². The predicted octanol–water partition coefficient (Wildman–Crippen LogP) is 1.37. The van der Waals surface area contributed by atoms with Gasteiger partial charge in [-0.2, -0.15) is 0 Å². The number of carbonyl (C=O) groups excluding carboxylic acids is 2. The Morgan fingerprint density at radius 3 is 2.32 bits per heavy atom.